The highest BCUT2D eigenvalue weighted by Crippen LogP contribution is 2.18. The van der Waals surface area contributed by atoms with E-state index in [1.54, 1.807) is 0 Å². The van der Waals surface area contributed by atoms with E-state index < -0.39 is 0 Å². The summed E-state index contributed by atoms with van der Waals surface area (Å²) < 4.78 is 0. The number of hydrogen-bond donors (Lipinski definition) is 0. The number of rotatable bonds is 1. The zero-order chi connectivity index (χ0) is 8.32. The summed E-state index contributed by atoms with van der Waals surface area (Å²) in [4.78, 5) is 2.60. The summed E-state index contributed by atoms with van der Waals surface area (Å²) in [5.74, 6) is 0. The van der Waals surface area contributed by atoms with Crippen LogP contribution in [-0.4, -0.2) is 24.5 Å². The van der Waals surface area contributed by atoms with E-state index in [0.29, 0.717) is 5.41 Å². The third-order valence-electron chi connectivity index (χ3n) is 2.15. The van der Waals surface area contributed by atoms with Crippen LogP contribution in [-0.2, 0) is 0 Å². The maximum atomic E-state index is 2.60. The van der Waals surface area contributed by atoms with Crippen LogP contribution in [0.15, 0.2) is 0 Å². The molecular weight excluding hydrogens is 146 g/mol. The molecule has 1 fully saturated rings. The molecule has 0 radical (unpaired) electrons. The third kappa shape index (κ3) is 4.76. The van der Waals surface area contributed by atoms with Gasteiger partial charge in [-0.15, -0.1) is 0 Å². The zero-order valence-electron chi connectivity index (χ0n) is 8.19. The van der Waals surface area contributed by atoms with Crippen molar-refractivity contribution in [2.45, 2.75) is 47.5 Å². The molecule has 1 nitrogen and oxygen atoms in total. The van der Waals surface area contributed by atoms with E-state index >= 15 is 0 Å². The molecule has 0 saturated carbocycles. The van der Waals surface area contributed by atoms with Gasteiger partial charge in [-0.3, -0.25) is 0 Å². The van der Waals surface area contributed by atoms with Gasteiger partial charge in [-0.1, -0.05) is 34.6 Å². The highest BCUT2D eigenvalue weighted by molar-refractivity contribution is 4.71. The molecule has 0 aliphatic carbocycles. The van der Waals surface area contributed by atoms with Crippen LogP contribution in [0.2, 0.25) is 0 Å². The van der Waals surface area contributed by atoms with Crippen LogP contribution in [0.25, 0.3) is 0 Å². The zero-order valence-corrected chi connectivity index (χ0v) is 8.19. The van der Waals surface area contributed by atoms with Crippen molar-refractivity contribution in [1.82, 2.24) is 4.90 Å². The summed E-state index contributed by atoms with van der Waals surface area (Å²) in [6.45, 7) is 10.9. The van der Waals surface area contributed by atoms with Crippen LogP contribution in [0, 0.1) is 5.41 Å². The molecule has 1 rings (SSSR count). The smallest absolute Gasteiger partial charge is 0.00300 e. The molecule has 0 aromatic carbocycles. The van der Waals surface area contributed by atoms with Crippen molar-refractivity contribution < 1.29 is 0 Å². The van der Waals surface area contributed by atoms with Gasteiger partial charge < -0.3 is 4.90 Å². The minimum absolute atomic E-state index is 0. The Balaban J connectivity index is 0.00000121. The van der Waals surface area contributed by atoms with Gasteiger partial charge in [0.2, 0.25) is 0 Å². The van der Waals surface area contributed by atoms with E-state index in [1.807, 2.05) is 0 Å². The maximum absolute atomic E-state index is 2.60. The molecule has 1 aliphatic rings. The Morgan fingerprint density at radius 3 is 1.92 bits per heavy atom. The minimum atomic E-state index is 0. The maximum Gasteiger partial charge on any atom is 0.00300 e. The van der Waals surface area contributed by atoms with Gasteiger partial charge in [-0.25, -0.2) is 0 Å². The van der Waals surface area contributed by atoms with Gasteiger partial charge in [-0.05, 0) is 31.3 Å². The van der Waals surface area contributed by atoms with Crippen molar-refractivity contribution >= 4 is 0 Å². The van der Waals surface area contributed by atoms with E-state index in [0.717, 1.165) is 0 Å². The van der Waals surface area contributed by atoms with Crippen LogP contribution in [0.4, 0.5) is 0 Å². The highest BCUT2D eigenvalue weighted by atomic mass is 15.1. The Morgan fingerprint density at radius 2 is 1.50 bits per heavy atom. The van der Waals surface area contributed by atoms with Gasteiger partial charge in [-0.2, -0.15) is 0 Å². The Bertz CT molecular complexity index is 107. The second-order valence-corrected chi connectivity index (χ2v) is 4.90. The van der Waals surface area contributed by atoms with Crippen LogP contribution in [0.5, 0.6) is 0 Å². The molecule has 1 heteroatoms. The molecule has 0 atom stereocenters. The molecule has 0 amide bonds. The summed E-state index contributed by atoms with van der Waals surface area (Å²) in [6.07, 6.45) is 4.27. The molecule has 0 bridgehead atoms. The first kappa shape index (κ1) is 12.0. The first-order valence-corrected chi connectivity index (χ1v) is 4.80. The van der Waals surface area contributed by atoms with Crippen molar-refractivity contribution in [2.24, 2.45) is 5.41 Å². The second-order valence-electron chi connectivity index (χ2n) is 4.90. The van der Waals surface area contributed by atoms with Crippen LogP contribution in [0.3, 0.4) is 0 Å². The number of hydrogen-bond acceptors (Lipinski definition) is 1. The largest absolute Gasteiger partial charge is 0.303 e. The molecule has 74 valence electrons. The van der Waals surface area contributed by atoms with E-state index in [-0.39, 0.29) is 7.43 Å². The number of piperidine rings is 1. The molecule has 1 aliphatic heterocycles. The Morgan fingerprint density at radius 1 is 1.00 bits per heavy atom. The van der Waals surface area contributed by atoms with Crippen LogP contribution < -0.4 is 0 Å². The summed E-state index contributed by atoms with van der Waals surface area (Å²) in [5, 5.41) is 0. The Labute approximate surface area is 78.1 Å². The van der Waals surface area contributed by atoms with Gasteiger partial charge in [0.05, 0.1) is 0 Å². The summed E-state index contributed by atoms with van der Waals surface area (Å²) in [6, 6.07) is 0. The molecule has 0 N–H and O–H groups in total. The lowest BCUT2D eigenvalue weighted by atomic mass is 9.95. The second kappa shape index (κ2) is 4.86. The third-order valence-corrected chi connectivity index (χ3v) is 2.15. The predicted octanol–water partition coefficient (Wildman–Crippen LogP) is 3.15. The minimum Gasteiger partial charge on any atom is -0.303 e. The fourth-order valence-electron chi connectivity index (χ4n) is 1.79. The summed E-state index contributed by atoms with van der Waals surface area (Å²) >= 11 is 0. The molecule has 0 aromatic heterocycles. The predicted molar refractivity (Wildman–Crippen MR) is 56.5 cm³/mol. The van der Waals surface area contributed by atoms with Gasteiger partial charge >= 0.3 is 0 Å². The van der Waals surface area contributed by atoms with E-state index in [2.05, 4.69) is 25.7 Å². The summed E-state index contributed by atoms with van der Waals surface area (Å²) in [7, 11) is 0. The van der Waals surface area contributed by atoms with Gasteiger partial charge in [0.15, 0.2) is 0 Å². The topological polar surface area (TPSA) is 3.24 Å². The molecular formula is C11H25N. The molecule has 0 unspecified atom stereocenters. The Kier molecular flexibility index (Phi) is 4.84. The van der Waals surface area contributed by atoms with Crippen molar-refractivity contribution in [2.75, 3.05) is 19.6 Å². The average molecular weight is 171 g/mol. The normalized spacial score (nSPS) is 20.2. The SMILES string of the molecule is C.CC(C)(C)CN1CCCCC1. The van der Waals surface area contributed by atoms with Gasteiger partial charge in [0, 0.05) is 6.54 Å². The van der Waals surface area contributed by atoms with Crippen LogP contribution in [0.1, 0.15) is 47.5 Å². The lowest BCUT2D eigenvalue weighted by Gasteiger charge is -2.32. The fourth-order valence-corrected chi connectivity index (χ4v) is 1.79. The Hall–Kier alpha value is -0.0400. The average Bonchev–Trinajstić information content (AvgIpc) is 1.85. The van der Waals surface area contributed by atoms with Gasteiger partial charge in [0.25, 0.3) is 0 Å². The lowest BCUT2D eigenvalue weighted by molar-refractivity contribution is 0.164. The van der Waals surface area contributed by atoms with E-state index in [1.165, 1.54) is 38.9 Å². The quantitative estimate of drug-likeness (QED) is 0.586. The molecule has 0 spiro atoms. The monoisotopic (exact) mass is 171 g/mol. The van der Waals surface area contributed by atoms with Crippen molar-refractivity contribution in [3.05, 3.63) is 0 Å². The molecule has 1 saturated heterocycles. The van der Waals surface area contributed by atoms with Crippen molar-refractivity contribution in [3.63, 3.8) is 0 Å². The molecule has 1 heterocycles. The van der Waals surface area contributed by atoms with Gasteiger partial charge in [0.1, 0.15) is 0 Å². The highest BCUT2D eigenvalue weighted by Gasteiger charge is 2.17. The van der Waals surface area contributed by atoms with E-state index in [4.69, 9.17) is 0 Å². The molecule has 0 aromatic rings. The summed E-state index contributed by atoms with van der Waals surface area (Å²) in [5.41, 5.74) is 0.483. The number of nitrogens with zero attached hydrogens (tertiary/aromatic N) is 1. The van der Waals surface area contributed by atoms with Crippen molar-refractivity contribution in [1.29, 1.82) is 0 Å². The molecule has 12 heavy (non-hydrogen) atoms. The lowest BCUT2D eigenvalue weighted by Crippen LogP contribution is -2.36. The first-order valence-electron chi connectivity index (χ1n) is 4.80. The number of likely N-dealkylation sites (tertiary alicyclic amines) is 1. The van der Waals surface area contributed by atoms with Crippen LogP contribution >= 0.6 is 0 Å². The van der Waals surface area contributed by atoms with E-state index in [9.17, 15) is 0 Å². The standard InChI is InChI=1S/C10H21N.CH4/c1-10(2,3)9-11-7-5-4-6-8-11;/h4-9H2,1-3H3;1H4. The first-order chi connectivity index (χ1) is 5.08. The van der Waals surface area contributed by atoms with Crippen molar-refractivity contribution in [3.8, 4) is 0 Å². The fraction of sp³-hybridized carbons (Fsp3) is 1.00.